The summed E-state index contributed by atoms with van der Waals surface area (Å²) in [5, 5.41) is 15.8. The molecule has 3 N–H and O–H groups in total. The van der Waals surface area contributed by atoms with E-state index in [-0.39, 0.29) is 23.8 Å². The Morgan fingerprint density at radius 3 is 2.80 bits per heavy atom. The zero-order valence-corrected chi connectivity index (χ0v) is 11.7. The van der Waals surface area contributed by atoms with Crippen molar-refractivity contribution in [1.29, 1.82) is 0 Å². The second kappa shape index (κ2) is 6.67. The van der Waals surface area contributed by atoms with Crippen molar-refractivity contribution in [2.45, 2.75) is 31.7 Å². The second-order valence-electron chi connectivity index (χ2n) is 4.95. The third kappa shape index (κ3) is 3.91. The predicted octanol–water partition coefficient (Wildman–Crippen LogP) is 1.69. The van der Waals surface area contributed by atoms with E-state index >= 15 is 0 Å². The van der Waals surface area contributed by atoms with E-state index in [1.165, 1.54) is 31.0 Å². The number of anilines is 1. The molecule has 0 saturated heterocycles. The van der Waals surface area contributed by atoms with Gasteiger partial charge >= 0.3 is 0 Å². The number of nitro groups is 1. The number of benzene rings is 1. The molecule has 0 unspecified atom stereocenters. The summed E-state index contributed by atoms with van der Waals surface area (Å²) in [7, 11) is 0. The van der Waals surface area contributed by atoms with Crippen LogP contribution in [-0.4, -0.2) is 23.4 Å². The normalized spacial score (nSPS) is 15.2. The van der Waals surface area contributed by atoms with E-state index < -0.39 is 4.92 Å². The zero-order chi connectivity index (χ0) is 14.5. The van der Waals surface area contributed by atoms with Crippen molar-refractivity contribution in [3.8, 4) is 0 Å². The summed E-state index contributed by atoms with van der Waals surface area (Å²) in [6.07, 6.45) is 4.68. The first kappa shape index (κ1) is 14.7. The van der Waals surface area contributed by atoms with Crippen LogP contribution in [0.15, 0.2) is 18.2 Å². The number of nitrogens with zero attached hydrogens (tertiary/aromatic N) is 1. The van der Waals surface area contributed by atoms with Crippen molar-refractivity contribution < 1.29 is 15.0 Å². The topological polar surface area (TPSA) is 88.8 Å². The number of quaternary nitrogens is 1. The molecule has 1 fully saturated rings. The summed E-state index contributed by atoms with van der Waals surface area (Å²) >= 11 is 5.80. The molecule has 0 atom stereocenters. The monoisotopic (exact) mass is 298 g/mol. The lowest BCUT2D eigenvalue weighted by Gasteiger charge is -2.09. The van der Waals surface area contributed by atoms with Gasteiger partial charge in [0.2, 0.25) is 0 Å². The molecule has 1 amide bonds. The number of amides is 1. The molecule has 2 rings (SSSR count). The lowest BCUT2D eigenvalue weighted by molar-refractivity contribution is -0.677. The van der Waals surface area contributed by atoms with Crippen LogP contribution in [0.1, 0.15) is 25.7 Å². The summed E-state index contributed by atoms with van der Waals surface area (Å²) in [4.78, 5) is 22.2. The maximum Gasteiger partial charge on any atom is 0.292 e. The van der Waals surface area contributed by atoms with Crippen LogP contribution < -0.4 is 10.6 Å². The maximum atomic E-state index is 11.8. The van der Waals surface area contributed by atoms with Crippen LogP contribution in [0.2, 0.25) is 5.02 Å². The van der Waals surface area contributed by atoms with E-state index in [0.717, 1.165) is 12.8 Å². The molecule has 1 saturated carbocycles. The summed E-state index contributed by atoms with van der Waals surface area (Å²) < 4.78 is 0. The van der Waals surface area contributed by atoms with Gasteiger partial charge in [0.1, 0.15) is 5.69 Å². The molecular weight excluding hydrogens is 282 g/mol. The Morgan fingerprint density at radius 2 is 2.15 bits per heavy atom. The van der Waals surface area contributed by atoms with Crippen LogP contribution in [0, 0.1) is 10.1 Å². The first-order valence-corrected chi connectivity index (χ1v) is 7.01. The van der Waals surface area contributed by atoms with Crippen molar-refractivity contribution in [3.63, 3.8) is 0 Å². The quantitative estimate of drug-likeness (QED) is 0.640. The molecule has 1 aromatic carbocycles. The van der Waals surface area contributed by atoms with Crippen LogP contribution in [0.25, 0.3) is 0 Å². The van der Waals surface area contributed by atoms with Crippen molar-refractivity contribution >= 4 is 28.9 Å². The van der Waals surface area contributed by atoms with Crippen molar-refractivity contribution in [2.75, 3.05) is 11.9 Å². The van der Waals surface area contributed by atoms with Gasteiger partial charge in [0.25, 0.3) is 11.6 Å². The van der Waals surface area contributed by atoms with E-state index in [1.54, 1.807) is 0 Å². The molecule has 20 heavy (non-hydrogen) atoms. The van der Waals surface area contributed by atoms with Gasteiger partial charge in [0.05, 0.1) is 11.0 Å². The van der Waals surface area contributed by atoms with Gasteiger partial charge in [-0.15, -0.1) is 0 Å². The summed E-state index contributed by atoms with van der Waals surface area (Å²) in [6, 6.07) is 4.61. The first-order chi connectivity index (χ1) is 9.56. The van der Waals surface area contributed by atoms with Gasteiger partial charge in [0, 0.05) is 11.1 Å². The minimum absolute atomic E-state index is 0.146. The highest BCUT2D eigenvalue weighted by molar-refractivity contribution is 6.31. The van der Waals surface area contributed by atoms with Crippen LogP contribution in [-0.2, 0) is 4.79 Å². The Balaban J connectivity index is 1.96. The smallest absolute Gasteiger partial charge is 0.292 e. The fourth-order valence-electron chi connectivity index (χ4n) is 2.44. The molecule has 108 valence electrons. The molecule has 1 aromatic rings. The highest BCUT2D eigenvalue weighted by Crippen LogP contribution is 2.27. The van der Waals surface area contributed by atoms with Gasteiger partial charge in [-0.05, 0) is 37.8 Å². The number of rotatable bonds is 5. The molecule has 7 heteroatoms. The molecule has 0 aliphatic heterocycles. The van der Waals surface area contributed by atoms with Gasteiger partial charge in [-0.2, -0.15) is 0 Å². The van der Waals surface area contributed by atoms with Crippen LogP contribution >= 0.6 is 11.6 Å². The second-order valence-corrected chi connectivity index (χ2v) is 5.39. The molecule has 6 nitrogen and oxygen atoms in total. The van der Waals surface area contributed by atoms with Gasteiger partial charge in [-0.25, -0.2) is 0 Å². The van der Waals surface area contributed by atoms with Gasteiger partial charge in [-0.1, -0.05) is 11.6 Å². The fourth-order valence-corrected chi connectivity index (χ4v) is 2.61. The lowest BCUT2D eigenvalue weighted by Crippen LogP contribution is -2.91. The minimum atomic E-state index is -0.535. The number of hydrogen-bond donors (Lipinski definition) is 2. The highest BCUT2D eigenvalue weighted by atomic mass is 35.5. The Hall–Kier alpha value is -1.66. The number of nitrogens with two attached hydrogens (primary N) is 1. The van der Waals surface area contributed by atoms with E-state index in [1.807, 2.05) is 5.32 Å². The SMILES string of the molecule is O=C(C[NH2+]C1CCCC1)Nc1cc(Cl)ccc1[N+](=O)[O-]. The van der Waals surface area contributed by atoms with Crippen molar-refractivity contribution in [1.82, 2.24) is 0 Å². The molecule has 1 aliphatic carbocycles. The summed E-state index contributed by atoms with van der Waals surface area (Å²) in [6.45, 7) is 0.272. The number of nitro benzene ring substituents is 1. The van der Waals surface area contributed by atoms with E-state index in [2.05, 4.69) is 5.32 Å². The number of halogens is 1. The number of carbonyl (C=O) groups excluding carboxylic acids is 1. The summed E-state index contributed by atoms with van der Waals surface area (Å²) in [5.41, 5.74) is -0.00376. The number of hydrogen-bond acceptors (Lipinski definition) is 3. The lowest BCUT2D eigenvalue weighted by atomic mass is 10.2. The molecule has 0 heterocycles. The molecule has 0 aromatic heterocycles. The molecule has 0 radical (unpaired) electrons. The standard InChI is InChI=1S/C13H16ClN3O3/c14-9-5-6-12(17(19)20)11(7-9)16-13(18)8-15-10-3-1-2-4-10/h5-7,10,15H,1-4,8H2,(H,16,18)/p+1. The van der Waals surface area contributed by atoms with Crippen molar-refractivity contribution in [3.05, 3.63) is 33.3 Å². The minimum Gasteiger partial charge on any atom is -0.336 e. The Kier molecular flexibility index (Phi) is 4.92. The number of nitrogens with one attached hydrogen (secondary N) is 1. The molecule has 0 spiro atoms. The van der Waals surface area contributed by atoms with Gasteiger partial charge in [0.15, 0.2) is 6.54 Å². The molecule has 1 aliphatic rings. The Bertz CT molecular complexity index is 516. The van der Waals surface area contributed by atoms with Gasteiger partial charge in [-0.3, -0.25) is 14.9 Å². The van der Waals surface area contributed by atoms with Gasteiger partial charge < -0.3 is 10.6 Å². The first-order valence-electron chi connectivity index (χ1n) is 6.63. The molecule has 0 bridgehead atoms. The third-order valence-corrected chi connectivity index (χ3v) is 3.70. The van der Waals surface area contributed by atoms with E-state index in [4.69, 9.17) is 11.6 Å². The Morgan fingerprint density at radius 1 is 1.45 bits per heavy atom. The maximum absolute atomic E-state index is 11.8. The van der Waals surface area contributed by atoms with Crippen LogP contribution in [0.4, 0.5) is 11.4 Å². The average molecular weight is 299 g/mol. The van der Waals surface area contributed by atoms with Crippen LogP contribution in [0.3, 0.4) is 0 Å². The van der Waals surface area contributed by atoms with Crippen LogP contribution in [0.5, 0.6) is 0 Å². The third-order valence-electron chi connectivity index (χ3n) is 3.47. The number of carbonyl (C=O) groups is 1. The predicted molar refractivity (Wildman–Crippen MR) is 75.8 cm³/mol. The highest BCUT2D eigenvalue weighted by Gasteiger charge is 2.20. The summed E-state index contributed by atoms with van der Waals surface area (Å²) in [5.74, 6) is -0.248. The largest absolute Gasteiger partial charge is 0.336 e. The zero-order valence-electron chi connectivity index (χ0n) is 11.0. The van der Waals surface area contributed by atoms with Crippen molar-refractivity contribution in [2.24, 2.45) is 0 Å². The fraction of sp³-hybridized carbons (Fsp3) is 0.462. The Labute approximate surface area is 121 Å². The molecular formula is C13H17ClN3O3+. The average Bonchev–Trinajstić information content (AvgIpc) is 2.89. The van der Waals surface area contributed by atoms with E-state index in [9.17, 15) is 14.9 Å². The van der Waals surface area contributed by atoms with E-state index in [0.29, 0.717) is 11.1 Å².